The summed E-state index contributed by atoms with van der Waals surface area (Å²) in [4.78, 5) is 11.2. The van der Waals surface area contributed by atoms with Crippen molar-refractivity contribution < 1.29 is 43.7 Å². The highest BCUT2D eigenvalue weighted by Crippen LogP contribution is 2.41. The number of nitrogens with one attached hydrogen (secondary N) is 1. The molecule has 5 aromatic carbocycles. The number of rotatable bonds is 11. The summed E-state index contributed by atoms with van der Waals surface area (Å²) in [6.07, 6.45) is 0.726. The maximum Gasteiger partial charge on any atom is 0.296 e. The highest BCUT2D eigenvalue weighted by molar-refractivity contribution is 7.91. The fraction of sp³-hybridized carbons (Fsp3) is 0. The molecule has 0 fully saturated rings. The Hall–Kier alpha value is -7.49. The standard InChI is InChI=1S/C34H29N13O10S3/c35-17-1-10-25(22(36)13-17)44-40-18-2-6-20(7-3-18)42-46-32-28(59(52,53)54)11-16-12-29(60(55,56)57)33(34(48)30(16)31(32)39)47-43-21-8-4-19(5-9-21)41-45-26-15-27(58(49,50)51)24(38)14-23(26)37/h1-15,43H,35-39H2,(H,49,50,51)(H,52,53,54)(H,55,56,57)/b44-40?,45-41?,46-42?,47-33+. The second kappa shape index (κ2) is 16.0. The van der Waals surface area contributed by atoms with Crippen LogP contribution in [-0.4, -0.2) is 50.4 Å². The first-order valence-electron chi connectivity index (χ1n) is 16.4. The zero-order chi connectivity index (χ0) is 43.7. The van der Waals surface area contributed by atoms with E-state index in [2.05, 4.69) is 41.2 Å². The van der Waals surface area contributed by atoms with Crippen molar-refractivity contribution >= 4 is 116 Å². The van der Waals surface area contributed by atoms with Gasteiger partial charge >= 0.3 is 0 Å². The number of hydrogen-bond acceptors (Lipinski definition) is 20. The molecule has 0 radical (unpaired) electrons. The van der Waals surface area contributed by atoms with Crippen molar-refractivity contribution in [2.45, 2.75) is 9.79 Å². The summed E-state index contributed by atoms with van der Waals surface area (Å²) in [5, 5.41) is 27.7. The number of nitrogen functional groups attached to an aromatic ring is 5. The minimum Gasteiger partial charge on any atom is -0.399 e. The summed E-state index contributed by atoms with van der Waals surface area (Å²) in [6.45, 7) is 0. The van der Waals surface area contributed by atoms with Crippen LogP contribution in [0.1, 0.15) is 15.9 Å². The van der Waals surface area contributed by atoms with Gasteiger partial charge in [-0.05, 0) is 96.6 Å². The number of anilines is 6. The number of azo groups is 3. The minimum absolute atomic E-state index is 0.0445. The largest absolute Gasteiger partial charge is 0.399 e. The van der Waals surface area contributed by atoms with Crippen molar-refractivity contribution in [3.63, 3.8) is 0 Å². The average Bonchev–Trinajstić information content (AvgIpc) is 3.15. The number of carbonyl (C=O) groups excluding carboxylic acids is 1. The van der Waals surface area contributed by atoms with Gasteiger partial charge in [0, 0.05) is 5.69 Å². The van der Waals surface area contributed by atoms with Gasteiger partial charge in [-0.15, -0.1) is 15.3 Å². The van der Waals surface area contributed by atoms with Crippen molar-refractivity contribution in [1.29, 1.82) is 0 Å². The maximum atomic E-state index is 13.9. The van der Waals surface area contributed by atoms with E-state index in [1.54, 1.807) is 12.1 Å². The van der Waals surface area contributed by atoms with E-state index in [1.807, 2.05) is 0 Å². The van der Waals surface area contributed by atoms with Crippen LogP contribution in [0.4, 0.5) is 68.2 Å². The van der Waals surface area contributed by atoms with Gasteiger partial charge in [-0.3, -0.25) is 23.9 Å². The molecule has 26 heteroatoms. The minimum atomic E-state index is -5.21. The van der Waals surface area contributed by atoms with Crippen LogP contribution in [0.15, 0.2) is 135 Å². The van der Waals surface area contributed by atoms with Crippen LogP contribution < -0.4 is 34.1 Å². The van der Waals surface area contributed by atoms with Crippen molar-refractivity contribution in [3.05, 3.63) is 101 Å². The summed E-state index contributed by atoms with van der Waals surface area (Å²) < 4.78 is 103. The summed E-state index contributed by atoms with van der Waals surface area (Å²) in [5.74, 6) is -1.20. The molecule has 0 spiro atoms. The van der Waals surface area contributed by atoms with E-state index in [0.717, 1.165) is 24.3 Å². The van der Waals surface area contributed by atoms with Crippen LogP contribution in [0.25, 0.3) is 6.08 Å². The molecule has 0 heterocycles. The number of benzene rings is 5. The molecular formula is C34H29N13O10S3. The van der Waals surface area contributed by atoms with E-state index >= 15 is 0 Å². The Morgan fingerprint density at radius 2 is 1.07 bits per heavy atom. The van der Waals surface area contributed by atoms with E-state index in [-0.39, 0.29) is 34.1 Å². The second-order valence-electron chi connectivity index (χ2n) is 12.4. The van der Waals surface area contributed by atoms with E-state index < -0.39 is 79.0 Å². The maximum absolute atomic E-state index is 13.9. The van der Waals surface area contributed by atoms with Gasteiger partial charge in [0.1, 0.15) is 31.8 Å². The Bertz CT molecular complexity index is 3100. The molecule has 0 saturated carbocycles. The summed E-state index contributed by atoms with van der Waals surface area (Å²) in [7, 11) is -15.0. The van der Waals surface area contributed by atoms with Crippen LogP contribution in [0, 0.1) is 0 Å². The first-order chi connectivity index (χ1) is 28.1. The summed E-state index contributed by atoms with van der Waals surface area (Å²) in [5.41, 5.74) is 30.1. The van der Waals surface area contributed by atoms with Gasteiger partial charge in [0.2, 0.25) is 5.78 Å². The molecule has 0 unspecified atom stereocenters. The Morgan fingerprint density at radius 3 is 1.62 bits per heavy atom. The van der Waals surface area contributed by atoms with Crippen molar-refractivity contribution in [1.82, 2.24) is 0 Å². The topological polar surface area (TPSA) is 409 Å². The van der Waals surface area contributed by atoms with Crippen LogP contribution in [0.3, 0.4) is 0 Å². The number of fused-ring (bicyclic) bond motifs is 1. The third-order valence-electron chi connectivity index (χ3n) is 8.17. The molecule has 60 heavy (non-hydrogen) atoms. The number of nitrogens with two attached hydrogens (primary N) is 5. The Balaban J connectivity index is 1.29. The molecule has 0 aliphatic heterocycles. The monoisotopic (exact) mass is 875 g/mol. The molecule has 14 N–H and O–H groups in total. The number of Topliss-reactive ketones (excluding diaryl/α,β-unsaturated/α-hetero) is 1. The molecule has 23 nitrogen and oxygen atoms in total. The average molecular weight is 876 g/mol. The van der Waals surface area contributed by atoms with E-state index in [9.17, 15) is 43.7 Å². The molecule has 0 aromatic heterocycles. The molecule has 0 bridgehead atoms. The van der Waals surface area contributed by atoms with Gasteiger partial charge in [0.05, 0.1) is 51.1 Å². The fourth-order valence-corrected chi connectivity index (χ4v) is 7.26. The van der Waals surface area contributed by atoms with Gasteiger partial charge < -0.3 is 28.7 Å². The SMILES string of the molecule is Nc1ccc(N=Nc2ccc(N=Nc3c(S(=O)(=O)O)cc4c(c3N)C(=O)/C(=N/Nc3ccc(N=Nc5cc(S(=O)(=O)O)c(N)cc5N)cc3)C(S(=O)(=O)O)=C4)cc2)c(N)c1. The highest BCUT2D eigenvalue weighted by Gasteiger charge is 2.37. The van der Waals surface area contributed by atoms with Crippen LogP contribution in [0.5, 0.6) is 0 Å². The molecule has 1 aliphatic rings. The summed E-state index contributed by atoms with van der Waals surface area (Å²) >= 11 is 0. The normalized spacial score (nSPS) is 14.3. The lowest BCUT2D eigenvalue weighted by atomic mass is 9.92. The van der Waals surface area contributed by atoms with E-state index in [1.165, 1.54) is 54.6 Å². The Kier molecular flexibility index (Phi) is 11.3. The van der Waals surface area contributed by atoms with Crippen LogP contribution in [0.2, 0.25) is 0 Å². The lowest BCUT2D eigenvalue weighted by Gasteiger charge is -2.20. The highest BCUT2D eigenvalue weighted by atomic mass is 32.2. The lowest BCUT2D eigenvalue weighted by molar-refractivity contribution is 0.106. The summed E-state index contributed by atoms with van der Waals surface area (Å²) in [6, 6.07) is 18.8. The number of ketones is 1. The quantitative estimate of drug-likeness (QED) is 0.0307. The second-order valence-corrected chi connectivity index (χ2v) is 16.5. The molecule has 1 aliphatic carbocycles. The van der Waals surface area contributed by atoms with Crippen molar-refractivity contribution in [3.8, 4) is 0 Å². The molecule has 0 atom stereocenters. The van der Waals surface area contributed by atoms with E-state index in [4.69, 9.17) is 28.7 Å². The number of carbonyl (C=O) groups is 1. The molecular weight excluding hydrogens is 847 g/mol. The van der Waals surface area contributed by atoms with E-state index in [0.29, 0.717) is 22.7 Å². The van der Waals surface area contributed by atoms with Gasteiger partial charge in [-0.25, -0.2) is 0 Å². The predicted molar refractivity (Wildman–Crippen MR) is 221 cm³/mol. The first kappa shape index (κ1) is 42.1. The zero-order valence-electron chi connectivity index (χ0n) is 30.1. The third kappa shape index (κ3) is 9.28. The zero-order valence-corrected chi connectivity index (χ0v) is 32.6. The van der Waals surface area contributed by atoms with Gasteiger partial charge in [-0.2, -0.15) is 45.7 Å². The number of nitrogens with zero attached hydrogens (tertiary/aromatic N) is 7. The molecule has 0 saturated heterocycles. The molecule has 308 valence electrons. The third-order valence-corrected chi connectivity index (χ3v) is 10.8. The Labute approximate surface area is 339 Å². The number of hydrazone groups is 1. The van der Waals surface area contributed by atoms with Crippen LogP contribution in [-0.2, 0) is 30.4 Å². The number of allylic oxidation sites excluding steroid dienone is 1. The molecule has 5 aromatic rings. The fourth-order valence-electron chi connectivity index (χ4n) is 5.32. The molecule has 0 amide bonds. The van der Waals surface area contributed by atoms with Gasteiger partial charge in [0.25, 0.3) is 30.4 Å². The smallest absolute Gasteiger partial charge is 0.296 e. The van der Waals surface area contributed by atoms with Crippen molar-refractivity contribution in [2.24, 2.45) is 35.8 Å². The molecule has 6 rings (SSSR count). The van der Waals surface area contributed by atoms with Crippen LogP contribution >= 0.6 is 0 Å². The van der Waals surface area contributed by atoms with Gasteiger partial charge in [0.15, 0.2) is 5.71 Å². The van der Waals surface area contributed by atoms with Gasteiger partial charge in [-0.1, -0.05) is 0 Å². The predicted octanol–water partition coefficient (Wildman–Crippen LogP) is 6.23. The lowest BCUT2D eigenvalue weighted by Crippen LogP contribution is -2.28. The number of hydrogen-bond donors (Lipinski definition) is 9. The Morgan fingerprint density at radius 1 is 0.533 bits per heavy atom. The first-order valence-corrected chi connectivity index (χ1v) is 20.7. The van der Waals surface area contributed by atoms with Crippen molar-refractivity contribution in [2.75, 3.05) is 34.1 Å².